The van der Waals surface area contributed by atoms with E-state index >= 15 is 0 Å². The molecule has 4 N–H and O–H groups in total. The largest absolute Gasteiger partial charge is 0.397 e. The van der Waals surface area contributed by atoms with Gasteiger partial charge >= 0.3 is 0 Å². The lowest BCUT2D eigenvalue weighted by Gasteiger charge is -2.23. The fraction of sp³-hybridized carbons (Fsp3) is 0.240. The van der Waals surface area contributed by atoms with Gasteiger partial charge < -0.3 is 16.4 Å². The maximum absolute atomic E-state index is 12.5. The van der Waals surface area contributed by atoms with E-state index in [1.54, 1.807) is 23.9 Å². The summed E-state index contributed by atoms with van der Waals surface area (Å²) >= 11 is 1.61. The number of aromatic nitrogens is 3. The Kier molecular flexibility index (Phi) is 6.28. The monoisotopic (exact) mass is 458 g/mol. The van der Waals surface area contributed by atoms with Crippen molar-refractivity contribution in [3.05, 3.63) is 83.7 Å². The highest BCUT2D eigenvalue weighted by Crippen LogP contribution is 2.29. The van der Waals surface area contributed by atoms with Crippen molar-refractivity contribution in [3.63, 3.8) is 0 Å². The zero-order valence-electron chi connectivity index (χ0n) is 18.2. The van der Waals surface area contributed by atoms with E-state index in [4.69, 9.17) is 10.7 Å². The highest BCUT2D eigenvalue weighted by molar-refractivity contribution is 7.98. The van der Waals surface area contributed by atoms with Gasteiger partial charge in [0.1, 0.15) is 0 Å². The van der Waals surface area contributed by atoms with Crippen LogP contribution in [0.2, 0.25) is 0 Å². The first-order chi connectivity index (χ1) is 16.2. The number of hydrogen-bond donors (Lipinski definition) is 3. The van der Waals surface area contributed by atoms with Gasteiger partial charge in [0.25, 0.3) is 5.91 Å². The number of nitrogens with one attached hydrogen (secondary N) is 2. The van der Waals surface area contributed by atoms with Crippen LogP contribution >= 0.6 is 11.8 Å². The lowest BCUT2D eigenvalue weighted by Crippen LogP contribution is -2.27. The molecule has 0 aliphatic carbocycles. The number of nitrogen functional groups attached to an aromatic ring is 1. The summed E-state index contributed by atoms with van der Waals surface area (Å²) in [5.41, 5.74) is 11.0. The van der Waals surface area contributed by atoms with E-state index in [1.165, 1.54) is 0 Å². The van der Waals surface area contributed by atoms with Crippen molar-refractivity contribution >= 4 is 34.6 Å². The van der Waals surface area contributed by atoms with Crippen LogP contribution < -0.4 is 16.4 Å². The topological polar surface area (TPSA) is 97.3 Å². The molecule has 0 unspecified atom stereocenters. The van der Waals surface area contributed by atoms with Crippen molar-refractivity contribution in [2.24, 2.45) is 0 Å². The second-order valence-corrected chi connectivity index (χ2v) is 9.11. The molecule has 33 heavy (non-hydrogen) atoms. The van der Waals surface area contributed by atoms with Crippen molar-refractivity contribution in [2.75, 3.05) is 24.1 Å². The number of thioether (sulfide) groups is 1. The fourth-order valence-corrected chi connectivity index (χ4v) is 4.90. The Balaban J connectivity index is 1.27. The summed E-state index contributed by atoms with van der Waals surface area (Å²) in [6.07, 6.45) is 4.18. The van der Waals surface area contributed by atoms with Gasteiger partial charge in [-0.05, 0) is 67.9 Å². The zero-order chi connectivity index (χ0) is 22.6. The van der Waals surface area contributed by atoms with Gasteiger partial charge in [-0.2, -0.15) is 0 Å². The summed E-state index contributed by atoms with van der Waals surface area (Å²) in [4.78, 5) is 17.5. The molecule has 4 aromatic rings. The first kappa shape index (κ1) is 21.5. The molecule has 168 valence electrons. The van der Waals surface area contributed by atoms with Gasteiger partial charge in [-0.1, -0.05) is 36.0 Å². The van der Waals surface area contributed by atoms with Gasteiger partial charge in [0.2, 0.25) is 5.16 Å². The van der Waals surface area contributed by atoms with Crippen LogP contribution in [-0.4, -0.2) is 33.6 Å². The fourth-order valence-electron chi connectivity index (χ4n) is 4.10. The molecule has 1 fully saturated rings. The predicted octanol–water partition coefficient (Wildman–Crippen LogP) is 4.32. The first-order valence-electron chi connectivity index (χ1n) is 11.1. The van der Waals surface area contributed by atoms with Gasteiger partial charge in [0, 0.05) is 23.4 Å². The normalized spacial score (nSPS) is 14.4. The minimum atomic E-state index is -0.180. The second kappa shape index (κ2) is 9.64. The third-order valence-electron chi connectivity index (χ3n) is 5.92. The summed E-state index contributed by atoms with van der Waals surface area (Å²) in [7, 11) is 0. The number of nitrogens with zero attached hydrogens (tertiary/aromatic N) is 3. The molecule has 1 aliphatic heterocycles. The highest BCUT2D eigenvalue weighted by Gasteiger charge is 2.21. The minimum absolute atomic E-state index is 0.180. The average Bonchev–Trinajstić information content (AvgIpc) is 3.33. The predicted molar refractivity (Wildman–Crippen MR) is 133 cm³/mol. The summed E-state index contributed by atoms with van der Waals surface area (Å²) in [6.45, 7) is 2.06. The Morgan fingerprint density at radius 2 is 1.88 bits per heavy atom. The number of piperidine rings is 1. The van der Waals surface area contributed by atoms with Gasteiger partial charge in [-0.3, -0.25) is 4.79 Å². The van der Waals surface area contributed by atoms with E-state index in [2.05, 4.69) is 21.8 Å². The SMILES string of the molecule is Nc1ccccc1NC(=O)c1ccc(CSc2nc(C3CCNCC3)c3cccn3n2)cc1. The number of rotatable bonds is 6. The lowest BCUT2D eigenvalue weighted by atomic mass is 9.94. The van der Waals surface area contributed by atoms with Gasteiger partial charge in [0.05, 0.1) is 22.6 Å². The van der Waals surface area contributed by atoms with Crippen molar-refractivity contribution in [1.82, 2.24) is 19.9 Å². The summed E-state index contributed by atoms with van der Waals surface area (Å²) in [6, 6.07) is 19.0. The van der Waals surface area contributed by atoms with Crippen LogP contribution in [0.25, 0.3) is 5.52 Å². The number of carbonyl (C=O) groups excluding carboxylic acids is 1. The molecular weight excluding hydrogens is 432 g/mol. The molecule has 0 bridgehead atoms. The highest BCUT2D eigenvalue weighted by atomic mass is 32.2. The standard InChI is InChI=1S/C25H26N6OS/c26-20-4-1-2-5-21(20)28-24(32)19-9-7-17(8-10-19)16-33-25-29-23(18-11-13-27-14-12-18)22-6-3-15-31(22)30-25/h1-10,15,18,27H,11-14,16,26H2,(H,28,32). The molecule has 0 radical (unpaired) electrons. The minimum Gasteiger partial charge on any atom is -0.397 e. The maximum atomic E-state index is 12.5. The van der Waals surface area contributed by atoms with Crippen molar-refractivity contribution in [3.8, 4) is 0 Å². The Hall–Kier alpha value is -3.36. The van der Waals surface area contributed by atoms with E-state index in [1.807, 2.05) is 53.2 Å². The number of fused-ring (bicyclic) bond motifs is 1. The molecule has 5 rings (SSSR count). The number of anilines is 2. The molecular formula is C25H26N6OS. The van der Waals surface area contributed by atoms with E-state index in [-0.39, 0.29) is 5.91 Å². The molecule has 7 nitrogen and oxygen atoms in total. The molecule has 3 heterocycles. The number of hydrogen-bond acceptors (Lipinski definition) is 6. The van der Waals surface area contributed by atoms with Gasteiger partial charge in [-0.15, -0.1) is 5.10 Å². The van der Waals surface area contributed by atoms with Crippen LogP contribution in [0, 0.1) is 0 Å². The molecule has 8 heteroatoms. The van der Waals surface area contributed by atoms with Crippen LogP contribution in [0.5, 0.6) is 0 Å². The van der Waals surface area contributed by atoms with Crippen LogP contribution in [0.3, 0.4) is 0 Å². The van der Waals surface area contributed by atoms with E-state index in [0.29, 0.717) is 22.9 Å². The number of amides is 1. The van der Waals surface area contributed by atoms with E-state index in [0.717, 1.165) is 53.6 Å². The molecule has 1 aliphatic rings. The number of carbonyl (C=O) groups is 1. The number of nitrogens with two attached hydrogens (primary N) is 1. The number of benzene rings is 2. The van der Waals surface area contributed by atoms with Crippen molar-refractivity contribution in [2.45, 2.75) is 29.7 Å². The van der Waals surface area contributed by atoms with E-state index in [9.17, 15) is 4.79 Å². The van der Waals surface area contributed by atoms with Gasteiger partial charge in [0.15, 0.2) is 0 Å². The third-order valence-corrected chi connectivity index (χ3v) is 6.83. The molecule has 0 atom stereocenters. The number of para-hydroxylation sites is 2. The average molecular weight is 459 g/mol. The molecule has 0 saturated carbocycles. The van der Waals surface area contributed by atoms with Crippen LogP contribution in [-0.2, 0) is 5.75 Å². The van der Waals surface area contributed by atoms with Crippen molar-refractivity contribution in [1.29, 1.82) is 0 Å². The molecule has 1 saturated heterocycles. The van der Waals surface area contributed by atoms with E-state index < -0.39 is 0 Å². The molecule has 2 aromatic carbocycles. The maximum Gasteiger partial charge on any atom is 0.255 e. The summed E-state index contributed by atoms with van der Waals surface area (Å²) < 4.78 is 1.94. The van der Waals surface area contributed by atoms with Gasteiger partial charge in [-0.25, -0.2) is 9.50 Å². The van der Waals surface area contributed by atoms with Crippen LogP contribution in [0.1, 0.15) is 40.4 Å². The Morgan fingerprint density at radius 1 is 1.09 bits per heavy atom. The van der Waals surface area contributed by atoms with Crippen LogP contribution in [0.4, 0.5) is 11.4 Å². The molecule has 0 spiro atoms. The smallest absolute Gasteiger partial charge is 0.255 e. The lowest BCUT2D eigenvalue weighted by molar-refractivity contribution is 0.102. The zero-order valence-corrected chi connectivity index (χ0v) is 19.0. The molecule has 1 amide bonds. The summed E-state index contributed by atoms with van der Waals surface area (Å²) in [5.74, 6) is 1.01. The van der Waals surface area contributed by atoms with Crippen LogP contribution in [0.15, 0.2) is 72.0 Å². The second-order valence-electron chi connectivity index (χ2n) is 8.17. The van der Waals surface area contributed by atoms with Crippen molar-refractivity contribution < 1.29 is 4.79 Å². The third kappa shape index (κ3) is 4.86. The summed E-state index contributed by atoms with van der Waals surface area (Å²) in [5, 5.41) is 11.7. The quantitative estimate of drug-likeness (QED) is 0.294. The first-order valence-corrected chi connectivity index (χ1v) is 12.1. The molecule has 2 aromatic heterocycles. The Bertz CT molecular complexity index is 1260. The Morgan fingerprint density at radius 3 is 2.67 bits per heavy atom. The Labute approximate surface area is 196 Å².